The van der Waals surface area contributed by atoms with Gasteiger partial charge in [0.15, 0.2) is 0 Å². The number of amides is 2. The van der Waals surface area contributed by atoms with Crippen LogP contribution < -0.4 is 10.6 Å². The van der Waals surface area contributed by atoms with E-state index in [9.17, 15) is 14.4 Å². The fraction of sp³-hybridized carbons (Fsp3) is 0.357. The van der Waals surface area contributed by atoms with E-state index in [0.717, 1.165) is 0 Å². The number of methoxy groups -OCH3 is 1. The van der Waals surface area contributed by atoms with Gasteiger partial charge in [0.25, 0.3) is 0 Å². The van der Waals surface area contributed by atoms with E-state index in [1.165, 1.54) is 26.2 Å². The summed E-state index contributed by atoms with van der Waals surface area (Å²) in [4.78, 5) is 34.3. The zero-order chi connectivity index (χ0) is 15.8. The number of ether oxygens (including phenoxy) is 2. The Morgan fingerprint density at radius 3 is 2.33 bits per heavy atom. The number of carbonyl (C=O) groups is 3. The molecule has 1 aromatic carbocycles. The van der Waals surface area contributed by atoms with E-state index < -0.39 is 24.0 Å². The second kappa shape index (κ2) is 7.88. The van der Waals surface area contributed by atoms with Crippen LogP contribution in [0.1, 0.15) is 24.2 Å². The molecule has 0 aliphatic carbocycles. The lowest BCUT2D eigenvalue weighted by atomic mass is 10.2. The van der Waals surface area contributed by atoms with Crippen LogP contribution in [0.5, 0.6) is 0 Å². The molecule has 0 bridgehead atoms. The zero-order valence-electron chi connectivity index (χ0n) is 12.1. The minimum atomic E-state index is -0.756. The topological polar surface area (TPSA) is 93.7 Å². The van der Waals surface area contributed by atoms with Crippen molar-refractivity contribution in [1.29, 1.82) is 0 Å². The Morgan fingerprint density at radius 2 is 1.81 bits per heavy atom. The smallest absolute Gasteiger partial charge is 0.338 e. The Balaban J connectivity index is 2.57. The van der Waals surface area contributed by atoms with Crippen LogP contribution in [0, 0.1) is 0 Å². The molecule has 21 heavy (non-hydrogen) atoms. The van der Waals surface area contributed by atoms with E-state index in [-0.39, 0.29) is 0 Å². The van der Waals surface area contributed by atoms with Gasteiger partial charge in [-0.2, -0.15) is 0 Å². The maximum absolute atomic E-state index is 11.6. The standard InChI is InChI=1S/C14H18N2O5/c1-4-21-13(18)10-5-7-11(8-6-10)16-14(19)15-9(2)12(17)20-3/h5-9H,4H2,1-3H3,(H2,15,16,19). The summed E-state index contributed by atoms with van der Waals surface area (Å²) in [7, 11) is 1.24. The fourth-order valence-corrected chi connectivity index (χ4v) is 1.50. The summed E-state index contributed by atoms with van der Waals surface area (Å²) in [6, 6.07) is 4.91. The molecule has 114 valence electrons. The van der Waals surface area contributed by atoms with Crippen molar-refractivity contribution in [2.75, 3.05) is 19.0 Å². The molecule has 2 N–H and O–H groups in total. The van der Waals surface area contributed by atoms with Gasteiger partial charge in [0.05, 0.1) is 19.3 Å². The van der Waals surface area contributed by atoms with E-state index in [0.29, 0.717) is 17.9 Å². The number of hydrogen-bond donors (Lipinski definition) is 2. The van der Waals surface area contributed by atoms with Gasteiger partial charge in [-0.1, -0.05) is 0 Å². The maximum atomic E-state index is 11.6. The van der Waals surface area contributed by atoms with E-state index in [4.69, 9.17) is 4.74 Å². The van der Waals surface area contributed by atoms with Crippen molar-refractivity contribution < 1.29 is 23.9 Å². The normalized spacial score (nSPS) is 11.2. The Labute approximate surface area is 122 Å². The highest BCUT2D eigenvalue weighted by Gasteiger charge is 2.15. The molecule has 1 rings (SSSR count). The molecular formula is C14H18N2O5. The van der Waals surface area contributed by atoms with Gasteiger partial charge in [-0.15, -0.1) is 0 Å². The van der Waals surface area contributed by atoms with E-state index in [2.05, 4.69) is 15.4 Å². The Morgan fingerprint density at radius 1 is 1.19 bits per heavy atom. The summed E-state index contributed by atoms with van der Waals surface area (Å²) in [6.45, 7) is 3.53. The van der Waals surface area contributed by atoms with Gasteiger partial charge in [0, 0.05) is 5.69 Å². The van der Waals surface area contributed by atoms with Gasteiger partial charge >= 0.3 is 18.0 Å². The number of esters is 2. The average Bonchev–Trinajstić information content (AvgIpc) is 2.47. The molecule has 0 heterocycles. The number of hydrogen-bond acceptors (Lipinski definition) is 5. The van der Waals surface area contributed by atoms with Crippen molar-refractivity contribution >= 4 is 23.7 Å². The Kier molecular flexibility index (Phi) is 6.19. The van der Waals surface area contributed by atoms with Gasteiger partial charge in [-0.05, 0) is 38.1 Å². The molecule has 0 spiro atoms. The van der Waals surface area contributed by atoms with Crippen LogP contribution in [0.4, 0.5) is 10.5 Å². The highest BCUT2D eigenvalue weighted by Crippen LogP contribution is 2.10. The van der Waals surface area contributed by atoms with Crippen LogP contribution in [-0.2, 0) is 14.3 Å². The molecule has 0 aliphatic heterocycles. The molecule has 1 atom stereocenters. The third kappa shape index (κ3) is 5.13. The molecule has 7 heteroatoms. The highest BCUT2D eigenvalue weighted by molar-refractivity contribution is 5.94. The summed E-state index contributed by atoms with van der Waals surface area (Å²) < 4.78 is 9.35. The zero-order valence-corrected chi connectivity index (χ0v) is 12.1. The van der Waals surface area contributed by atoms with E-state index in [1.54, 1.807) is 19.1 Å². The molecule has 0 saturated heterocycles. The fourth-order valence-electron chi connectivity index (χ4n) is 1.50. The summed E-state index contributed by atoms with van der Waals surface area (Å²) >= 11 is 0. The van der Waals surface area contributed by atoms with Crippen molar-refractivity contribution in [2.24, 2.45) is 0 Å². The first kappa shape index (κ1) is 16.5. The number of benzene rings is 1. The van der Waals surface area contributed by atoms with Gasteiger partial charge in [-0.25, -0.2) is 14.4 Å². The van der Waals surface area contributed by atoms with Crippen molar-refractivity contribution in [2.45, 2.75) is 19.9 Å². The van der Waals surface area contributed by atoms with Gasteiger partial charge in [-0.3, -0.25) is 0 Å². The molecule has 0 saturated carbocycles. The molecule has 1 unspecified atom stereocenters. The number of rotatable bonds is 5. The average molecular weight is 294 g/mol. The largest absolute Gasteiger partial charge is 0.467 e. The van der Waals surface area contributed by atoms with Crippen LogP contribution in [0.3, 0.4) is 0 Å². The SMILES string of the molecule is CCOC(=O)c1ccc(NC(=O)NC(C)C(=O)OC)cc1. The third-order valence-electron chi connectivity index (χ3n) is 2.56. The monoisotopic (exact) mass is 294 g/mol. The minimum absolute atomic E-state index is 0.298. The number of carbonyl (C=O) groups excluding carboxylic acids is 3. The molecule has 0 aliphatic rings. The van der Waals surface area contributed by atoms with Gasteiger partial charge in [0.2, 0.25) is 0 Å². The van der Waals surface area contributed by atoms with Crippen LogP contribution in [0.2, 0.25) is 0 Å². The Hall–Kier alpha value is -2.57. The van der Waals surface area contributed by atoms with Crippen molar-refractivity contribution in [1.82, 2.24) is 5.32 Å². The van der Waals surface area contributed by atoms with Crippen molar-refractivity contribution in [3.05, 3.63) is 29.8 Å². The first-order valence-electron chi connectivity index (χ1n) is 6.40. The second-order valence-electron chi connectivity index (χ2n) is 4.14. The molecule has 7 nitrogen and oxygen atoms in total. The third-order valence-corrected chi connectivity index (χ3v) is 2.56. The quantitative estimate of drug-likeness (QED) is 0.803. The summed E-state index contributed by atoms with van der Waals surface area (Å²) in [5, 5.41) is 4.96. The predicted molar refractivity (Wildman–Crippen MR) is 76.0 cm³/mol. The van der Waals surface area contributed by atoms with Crippen LogP contribution in [0.25, 0.3) is 0 Å². The minimum Gasteiger partial charge on any atom is -0.467 e. The number of anilines is 1. The van der Waals surface area contributed by atoms with Crippen LogP contribution in [-0.4, -0.2) is 37.7 Å². The molecule has 2 amide bonds. The molecule has 0 fully saturated rings. The lowest BCUT2D eigenvalue weighted by Gasteiger charge is -2.12. The number of urea groups is 1. The second-order valence-corrected chi connectivity index (χ2v) is 4.14. The van der Waals surface area contributed by atoms with E-state index >= 15 is 0 Å². The molecule has 1 aromatic rings. The lowest BCUT2D eigenvalue weighted by Crippen LogP contribution is -2.41. The first-order valence-corrected chi connectivity index (χ1v) is 6.40. The molecular weight excluding hydrogens is 276 g/mol. The molecule has 0 aromatic heterocycles. The summed E-state index contributed by atoms with van der Waals surface area (Å²) in [5.74, 6) is -0.962. The van der Waals surface area contributed by atoms with Crippen molar-refractivity contribution in [3.63, 3.8) is 0 Å². The number of nitrogens with one attached hydrogen (secondary N) is 2. The van der Waals surface area contributed by atoms with E-state index in [1.807, 2.05) is 0 Å². The van der Waals surface area contributed by atoms with Crippen LogP contribution in [0.15, 0.2) is 24.3 Å². The van der Waals surface area contributed by atoms with Crippen LogP contribution >= 0.6 is 0 Å². The predicted octanol–water partition coefficient (Wildman–Crippen LogP) is 1.55. The molecule has 0 radical (unpaired) electrons. The summed E-state index contributed by atoms with van der Waals surface area (Å²) in [6.07, 6.45) is 0. The lowest BCUT2D eigenvalue weighted by molar-refractivity contribution is -0.142. The maximum Gasteiger partial charge on any atom is 0.338 e. The van der Waals surface area contributed by atoms with Gasteiger partial charge < -0.3 is 20.1 Å². The summed E-state index contributed by atoms with van der Waals surface area (Å²) in [5.41, 5.74) is 0.878. The van der Waals surface area contributed by atoms with Gasteiger partial charge in [0.1, 0.15) is 6.04 Å². The van der Waals surface area contributed by atoms with Crippen molar-refractivity contribution in [3.8, 4) is 0 Å². The highest BCUT2D eigenvalue weighted by atomic mass is 16.5. The first-order chi connectivity index (χ1) is 9.97. The Bertz CT molecular complexity index is 513.